The monoisotopic (exact) mass is 311 g/mol. The van der Waals surface area contributed by atoms with Gasteiger partial charge in [0.15, 0.2) is 0 Å². The van der Waals surface area contributed by atoms with Crippen LogP contribution >= 0.6 is 0 Å². The Bertz CT molecular complexity index is 641. The lowest BCUT2D eigenvalue weighted by atomic mass is 10.1. The molecule has 1 heterocycles. The van der Waals surface area contributed by atoms with Crippen molar-refractivity contribution in [3.63, 3.8) is 0 Å². The van der Waals surface area contributed by atoms with Crippen molar-refractivity contribution in [2.24, 2.45) is 12.8 Å². The molecule has 0 fully saturated rings. The number of aromatic nitrogens is 2. The summed E-state index contributed by atoms with van der Waals surface area (Å²) >= 11 is 0. The molecule has 0 amide bonds. The fourth-order valence-corrected chi connectivity index (χ4v) is 2.19. The van der Waals surface area contributed by atoms with E-state index in [1.54, 1.807) is 0 Å². The van der Waals surface area contributed by atoms with Gasteiger partial charge in [-0.25, -0.2) is 4.98 Å². The van der Waals surface area contributed by atoms with Crippen LogP contribution in [0.5, 0.6) is 0 Å². The van der Waals surface area contributed by atoms with E-state index in [2.05, 4.69) is 4.98 Å². The zero-order valence-electron chi connectivity index (χ0n) is 10.8. The Balaban J connectivity index is 2.73. The van der Waals surface area contributed by atoms with E-state index in [9.17, 15) is 26.3 Å². The van der Waals surface area contributed by atoms with Gasteiger partial charge in [0.1, 0.15) is 5.82 Å². The van der Waals surface area contributed by atoms with Crippen LogP contribution in [-0.4, -0.2) is 21.9 Å². The maximum atomic E-state index is 12.8. The summed E-state index contributed by atoms with van der Waals surface area (Å²) in [6.07, 6.45) is -11.0. The second-order valence-electron chi connectivity index (χ2n) is 4.53. The van der Waals surface area contributed by atoms with Crippen molar-refractivity contribution >= 4 is 11.0 Å². The Kier molecular flexibility index (Phi) is 3.64. The first-order valence-corrected chi connectivity index (χ1v) is 5.85. The number of hydrogen-bond donors (Lipinski definition) is 1. The molecule has 0 radical (unpaired) electrons. The molecule has 3 nitrogen and oxygen atoms in total. The summed E-state index contributed by atoms with van der Waals surface area (Å²) < 4.78 is 77.6. The molecule has 0 aliphatic carbocycles. The zero-order chi connectivity index (χ0) is 16.0. The van der Waals surface area contributed by atoms with Crippen molar-refractivity contribution in [3.8, 4) is 0 Å². The number of aryl methyl sites for hydroxylation is 1. The van der Waals surface area contributed by atoms with Gasteiger partial charge in [-0.05, 0) is 11.6 Å². The van der Waals surface area contributed by atoms with Crippen LogP contribution in [0.25, 0.3) is 11.0 Å². The number of benzene rings is 1. The summed E-state index contributed by atoms with van der Waals surface area (Å²) in [6, 6.07) is 4.41. The van der Waals surface area contributed by atoms with Crippen LogP contribution in [0.4, 0.5) is 26.3 Å². The predicted molar refractivity (Wildman–Crippen MR) is 63.5 cm³/mol. The third-order valence-electron chi connectivity index (χ3n) is 3.16. The first kappa shape index (κ1) is 15.6. The molecule has 9 heteroatoms. The predicted octanol–water partition coefficient (Wildman–Crippen LogP) is 3.24. The van der Waals surface area contributed by atoms with E-state index in [0.717, 1.165) is 11.6 Å². The SMILES string of the molecule is Cn1c(C(C(F)(F)F)C(F)(F)F)nc2c(CN)cccc21. The van der Waals surface area contributed by atoms with E-state index in [1.165, 1.54) is 18.2 Å². The summed E-state index contributed by atoms with van der Waals surface area (Å²) in [5.74, 6) is -4.72. The maximum absolute atomic E-state index is 12.8. The number of rotatable bonds is 2. The van der Waals surface area contributed by atoms with Gasteiger partial charge in [0.25, 0.3) is 0 Å². The molecular weight excluding hydrogens is 300 g/mol. The molecular formula is C12H11F6N3. The van der Waals surface area contributed by atoms with Crippen molar-refractivity contribution in [2.75, 3.05) is 0 Å². The first-order valence-electron chi connectivity index (χ1n) is 5.85. The largest absolute Gasteiger partial charge is 0.407 e. The lowest BCUT2D eigenvalue weighted by molar-refractivity contribution is -0.255. The van der Waals surface area contributed by atoms with Crippen LogP contribution in [0.15, 0.2) is 18.2 Å². The number of halogens is 6. The van der Waals surface area contributed by atoms with E-state index >= 15 is 0 Å². The van der Waals surface area contributed by atoms with Gasteiger partial charge >= 0.3 is 12.4 Å². The van der Waals surface area contributed by atoms with Crippen LogP contribution in [0.2, 0.25) is 0 Å². The molecule has 0 spiro atoms. The first-order chi connectivity index (χ1) is 9.57. The van der Waals surface area contributed by atoms with E-state index in [0.29, 0.717) is 5.56 Å². The highest BCUT2D eigenvalue weighted by Gasteiger charge is 2.59. The molecule has 0 saturated carbocycles. The van der Waals surface area contributed by atoms with Gasteiger partial charge in [-0.2, -0.15) is 26.3 Å². The summed E-state index contributed by atoms with van der Waals surface area (Å²) in [4.78, 5) is 3.56. The minimum absolute atomic E-state index is 0.0313. The Labute approximate surface area is 115 Å². The highest BCUT2D eigenvalue weighted by molar-refractivity contribution is 5.79. The van der Waals surface area contributed by atoms with Gasteiger partial charge in [-0.1, -0.05) is 12.1 Å². The van der Waals surface area contributed by atoms with Gasteiger partial charge < -0.3 is 10.3 Å². The molecule has 0 unspecified atom stereocenters. The van der Waals surface area contributed by atoms with E-state index in [1.807, 2.05) is 0 Å². The van der Waals surface area contributed by atoms with Gasteiger partial charge in [0.2, 0.25) is 5.92 Å². The molecule has 0 saturated heterocycles. The molecule has 2 N–H and O–H groups in total. The molecule has 0 atom stereocenters. The smallest absolute Gasteiger partial charge is 0.330 e. The molecule has 1 aromatic heterocycles. The number of alkyl halides is 6. The lowest BCUT2D eigenvalue weighted by Gasteiger charge is -2.22. The normalized spacial score (nSPS) is 13.4. The average molecular weight is 311 g/mol. The van der Waals surface area contributed by atoms with Crippen molar-refractivity contribution in [1.29, 1.82) is 0 Å². The molecule has 0 aliphatic rings. The van der Waals surface area contributed by atoms with Crippen LogP contribution in [-0.2, 0) is 13.6 Å². The highest BCUT2D eigenvalue weighted by atomic mass is 19.4. The summed E-state index contributed by atoms with van der Waals surface area (Å²) in [7, 11) is 1.12. The molecule has 0 aliphatic heterocycles. The molecule has 0 bridgehead atoms. The summed E-state index contributed by atoms with van der Waals surface area (Å²) in [6.45, 7) is -0.0313. The molecule has 2 rings (SSSR count). The zero-order valence-corrected chi connectivity index (χ0v) is 10.8. The number of para-hydroxylation sites is 1. The maximum Gasteiger partial charge on any atom is 0.407 e. The van der Waals surface area contributed by atoms with Crippen LogP contribution in [0.3, 0.4) is 0 Å². The third-order valence-corrected chi connectivity index (χ3v) is 3.16. The second-order valence-corrected chi connectivity index (χ2v) is 4.53. The van der Waals surface area contributed by atoms with Crippen molar-refractivity contribution in [3.05, 3.63) is 29.6 Å². The van der Waals surface area contributed by atoms with Crippen LogP contribution < -0.4 is 5.73 Å². The van der Waals surface area contributed by atoms with Crippen LogP contribution in [0.1, 0.15) is 17.3 Å². The molecule has 1 aromatic carbocycles. The topological polar surface area (TPSA) is 43.8 Å². The number of nitrogens with two attached hydrogens (primary N) is 1. The minimum atomic E-state index is -5.48. The lowest BCUT2D eigenvalue weighted by Crippen LogP contribution is -2.36. The average Bonchev–Trinajstić information content (AvgIpc) is 2.63. The Morgan fingerprint density at radius 3 is 2.19 bits per heavy atom. The Morgan fingerprint density at radius 1 is 1.14 bits per heavy atom. The molecule has 116 valence electrons. The number of nitrogens with zero attached hydrogens (tertiary/aromatic N) is 2. The number of imidazole rings is 1. The van der Waals surface area contributed by atoms with Gasteiger partial charge in [0, 0.05) is 13.6 Å². The number of fused-ring (bicyclic) bond motifs is 1. The van der Waals surface area contributed by atoms with Gasteiger partial charge in [-0.3, -0.25) is 0 Å². The summed E-state index contributed by atoms with van der Waals surface area (Å²) in [5.41, 5.74) is 6.04. The minimum Gasteiger partial charge on any atom is -0.330 e. The summed E-state index contributed by atoms with van der Waals surface area (Å²) in [5, 5.41) is 0. The second kappa shape index (κ2) is 4.90. The van der Waals surface area contributed by atoms with E-state index in [4.69, 9.17) is 5.73 Å². The van der Waals surface area contributed by atoms with Crippen molar-refractivity contribution in [1.82, 2.24) is 9.55 Å². The van der Waals surface area contributed by atoms with Crippen LogP contribution in [0, 0.1) is 0 Å². The fraction of sp³-hybridized carbons (Fsp3) is 0.417. The Hall–Kier alpha value is -1.77. The van der Waals surface area contributed by atoms with Gasteiger partial charge in [-0.15, -0.1) is 0 Å². The third kappa shape index (κ3) is 2.69. The molecule has 21 heavy (non-hydrogen) atoms. The number of hydrogen-bond acceptors (Lipinski definition) is 2. The van der Waals surface area contributed by atoms with Gasteiger partial charge in [0.05, 0.1) is 11.0 Å². The van der Waals surface area contributed by atoms with E-state index < -0.39 is 24.1 Å². The standard InChI is InChI=1S/C12H11F6N3/c1-21-7-4-2-3-6(5-19)8(7)20-10(21)9(11(13,14)15)12(16,17)18/h2-4,9H,5,19H2,1H3. The fourth-order valence-electron chi connectivity index (χ4n) is 2.19. The van der Waals surface area contributed by atoms with Crippen molar-refractivity contribution < 1.29 is 26.3 Å². The molecule has 2 aromatic rings. The Morgan fingerprint density at radius 2 is 1.71 bits per heavy atom. The highest BCUT2D eigenvalue weighted by Crippen LogP contribution is 2.46. The quantitative estimate of drug-likeness (QED) is 0.865. The van der Waals surface area contributed by atoms with E-state index in [-0.39, 0.29) is 17.6 Å². The van der Waals surface area contributed by atoms with Crippen molar-refractivity contribution in [2.45, 2.75) is 24.8 Å².